The summed E-state index contributed by atoms with van der Waals surface area (Å²) in [6.07, 6.45) is 2.43. The Kier molecular flexibility index (Phi) is 2.89. The highest BCUT2D eigenvalue weighted by Crippen LogP contribution is 2.41. The summed E-state index contributed by atoms with van der Waals surface area (Å²) in [5.41, 5.74) is -0.373. The number of hydrogen-bond donors (Lipinski definition) is 0. The smallest absolute Gasteiger partial charge is 0.410 e. The molecule has 1 aliphatic carbocycles. The zero-order chi connectivity index (χ0) is 11.9. The van der Waals surface area contributed by atoms with Crippen molar-refractivity contribution in [3.05, 3.63) is 0 Å². The molecule has 0 N–H and O–H groups in total. The summed E-state index contributed by atoms with van der Waals surface area (Å²) in [5.74, 6) is 2.29. The predicted molar refractivity (Wildman–Crippen MR) is 63.2 cm³/mol. The number of fused-ring (bicyclic) bond motifs is 1. The van der Waals surface area contributed by atoms with Crippen molar-refractivity contribution < 1.29 is 9.53 Å². The van der Waals surface area contributed by atoms with Crippen LogP contribution in [0.25, 0.3) is 0 Å². The fourth-order valence-electron chi connectivity index (χ4n) is 3.08. The van der Waals surface area contributed by atoms with Crippen molar-refractivity contribution in [3.8, 4) is 0 Å². The summed E-state index contributed by atoms with van der Waals surface area (Å²) in [6.45, 7) is 9.89. The summed E-state index contributed by atoms with van der Waals surface area (Å²) in [5, 5.41) is 0. The van der Waals surface area contributed by atoms with Crippen LogP contribution in [0.1, 0.15) is 40.5 Å². The van der Waals surface area contributed by atoms with Gasteiger partial charge in [0.05, 0.1) is 0 Å². The van der Waals surface area contributed by atoms with Gasteiger partial charge in [0.2, 0.25) is 0 Å². The first-order valence-electron chi connectivity index (χ1n) is 6.33. The van der Waals surface area contributed by atoms with Crippen LogP contribution in [0.4, 0.5) is 4.79 Å². The molecule has 1 saturated heterocycles. The molecule has 3 atom stereocenters. The van der Waals surface area contributed by atoms with Crippen LogP contribution in [0.2, 0.25) is 0 Å². The van der Waals surface area contributed by atoms with Crippen molar-refractivity contribution in [2.75, 3.05) is 13.1 Å². The first-order valence-corrected chi connectivity index (χ1v) is 6.33. The topological polar surface area (TPSA) is 29.5 Å². The second-order valence-electron chi connectivity index (χ2n) is 6.48. The highest BCUT2D eigenvalue weighted by Gasteiger charge is 2.41. The van der Waals surface area contributed by atoms with Gasteiger partial charge in [0.25, 0.3) is 0 Å². The fraction of sp³-hybridized carbons (Fsp3) is 0.923. The van der Waals surface area contributed by atoms with Crippen molar-refractivity contribution in [2.24, 2.45) is 17.8 Å². The standard InChI is InChI=1S/C13H23NO2/c1-9-5-10-7-14(8-11(10)6-9)12(15)16-13(2,3)4/h9-11H,5-8H2,1-4H3/t9?,10-,11?/m1/s1. The first-order chi connectivity index (χ1) is 7.35. The minimum Gasteiger partial charge on any atom is -0.444 e. The van der Waals surface area contributed by atoms with Gasteiger partial charge in [-0.1, -0.05) is 6.92 Å². The number of carbonyl (C=O) groups excluding carboxylic acids is 1. The molecule has 0 radical (unpaired) electrons. The Morgan fingerprint density at radius 2 is 1.69 bits per heavy atom. The Labute approximate surface area is 98.1 Å². The van der Waals surface area contributed by atoms with E-state index in [-0.39, 0.29) is 11.7 Å². The maximum atomic E-state index is 11.9. The maximum absolute atomic E-state index is 11.9. The van der Waals surface area contributed by atoms with E-state index in [1.165, 1.54) is 12.8 Å². The summed E-state index contributed by atoms with van der Waals surface area (Å²) >= 11 is 0. The number of hydrogen-bond acceptors (Lipinski definition) is 2. The molecule has 3 nitrogen and oxygen atoms in total. The van der Waals surface area contributed by atoms with E-state index in [0.29, 0.717) is 0 Å². The van der Waals surface area contributed by atoms with E-state index in [2.05, 4.69) is 6.92 Å². The lowest BCUT2D eigenvalue weighted by Gasteiger charge is -2.25. The maximum Gasteiger partial charge on any atom is 0.410 e. The van der Waals surface area contributed by atoms with Gasteiger partial charge in [0, 0.05) is 13.1 Å². The molecule has 2 rings (SSSR count). The lowest BCUT2D eigenvalue weighted by atomic mass is 10.0. The van der Waals surface area contributed by atoms with Gasteiger partial charge in [-0.25, -0.2) is 4.79 Å². The molecule has 1 amide bonds. The largest absolute Gasteiger partial charge is 0.444 e. The van der Waals surface area contributed by atoms with E-state index < -0.39 is 0 Å². The number of likely N-dealkylation sites (tertiary alicyclic amines) is 1. The Bertz CT molecular complexity index is 268. The predicted octanol–water partition coefficient (Wildman–Crippen LogP) is 2.90. The molecular weight excluding hydrogens is 202 g/mol. The Morgan fingerprint density at radius 3 is 2.12 bits per heavy atom. The van der Waals surface area contributed by atoms with Crippen molar-refractivity contribution >= 4 is 6.09 Å². The SMILES string of the molecule is CC1CC2CN(C(=O)OC(C)(C)C)C[C@H]2C1. The minimum atomic E-state index is -0.373. The minimum absolute atomic E-state index is 0.130. The highest BCUT2D eigenvalue weighted by molar-refractivity contribution is 5.68. The summed E-state index contributed by atoms with van der Waals surface area (Å²) in [6, 6.07) is 0. The van der Waals surface area contributed by atoms with Crippen LogP contribution in [-0.2, 0) is 4.74 Å². The number of rotatable bonds is 0. The number of carbonyl (C=O) groups is 1. The van der Waals surface area contributed by atoms with Gasteiger partial charge in [0.1, 0.15) is 5.60 Å². The second-order valence-corrected chi connectivity index (χ2v) is 6.48. The molecule has 2 fully saturated rings. The van der Waals surface area contributed by atoms with Crippen LogP contribution in [0, 0.1) is 17.8 Å². The van der Waals surface area contributed by atoms with E-state index in [1.807, 2.05) is 25.7 Å². The van der Waals surface area contributed by atoms with Crippen molar-refractivity contribution in [1.29, 1.82) is 0 Å². The molecule has 2 aliphatic rings. The lowest BCUT2D eigenvalue weighted by molar-refractivity contribution is 0.0278. The Hall–Kier alpha value is -0.730. The van der Waals surface area contributed by atoms with Gasteiger partial charge in [-0.05, 0) is 51.4 Å². The van der Waals surface area contributed by atoms with Gasteiger partial charge in [0.15, 0.2) is 0 Å². The molecule has 0 spiro atoms. The first kappa shape index (κ1) is 11.7. The van der Waals surface area contributed by atoms with Crippen molar-refractivity contribution in [1.82, 2.24) is 4.90 Å². The molecule has 3 heteroatoms. The third kappa shape index (κ3) is 2.50. The molecule has 0 bridgehead atoms. The van der Waals surface area contributed by atoms with Crippen molar-refractivity contribution in [2.45, 2.75) is 46.1 Å². The molecule has 1 heterocycles. The number of nitrogens with zero attached hydrogens (tertiary/aromatic N) is 1. The highest BCUT2D eigenvalue weighted by atomic mass is 16.6. The summed E-state index contributed by atoms with van der Waals surface area (Å²) in [7, 11) is 0. The van der Waals surface area contributed by atoms with Gasteiger partial charge in [-0.15, -0.1) is 0 Å². The fourth-order valence-corrected chi connectivity index (χ4v) is 3.08. The molecule has 16 heavy (non-hydrogen) atoms. The van der Waals surface area contributed by atoms with Crippen molar-refractivity contribution in [3.63, 3.8) is 0 Å². The second kappa shape index (κ2) is 3.94. The summed E-state index contributed by atoms with van der Waals surface area (Å²) < 4.78 is 5.40. The normalized spacial score (nSPS) is 34.0. The zero-order valence-electron chi connectivity index (χ0n) is 10.8. The average molecular weight is 225 g/mol. The molecule has 2 unspecified atom stereocenters. The van der Waals surface area contributed by atoms with Crippen LogP contribution in [0.3, 0.4) is 0 Å². The van der Waals surface area contributed by atoms with Gasteiger partial charge >= 0.3 is 6.09 Å². The quantitative estimate of drug-likeness (QED) is 0.634. The monoisotopic (exact) mass is 225 g/mol. The molecule has 0 aromatic rings. The average Bonchev–Trinajstić information content (AvgIpc) is 2.56. The van der Waals surface area contributed by atoms with Crippen LogP contribution >= 0.6 is 0 Å². The van der Waals surface area contributed by atoms with E-state index in [1.54, 1.807) is 0 Å². The molecule has 0 aromatic carbocycles. The Morgan fingerprint density at radius 1 is 1.19 bits per heavy atom. The molecule has 92 valence electrons. The third-order valence-electron chi connectivity index (χ3n) is 3.64. The zero-order valence-corrected chi connectivity index (χ0v) is 10.8. The van der Waals surface area contributed by atoms with Gasteiger partial charge in [-0.2, -0.15) is 0 Å². The summed E-state index contributed by atoms with van der Waals surface area (Å²) in [4.78, 5) is 13.8. The van der Waals surface area contributed by atoms with E-state index in [0.717, 1.165) is 30.8 Å². The number of amides is 1. The van der Waals surface area contributed by atoms with E-state index in [4.69, 9.17) is 4.74 Å². The van der Waals surface area contributed by atoms with Crippen LogP contribution in [0.15, 0.2) is 0 Å². The van der Waals surface area contributed by atoms with E-state index in [9.17, 15) is 4.79 Å². The van der Waals surface area contributed by atoms with Gasteiger partial charge < -0.3 is 9.64 Å². The number of ether oxygens (including phenoxy) is 1. The molecular formula is C13H23NO2. The van der Waals surface area contributed by atoms with E-state index >= 15 is 0 Å². The molecule has 1 aliphatic heterocycles. The third-order valence-corrected chi connectivity index (χ3v) is 3.64. The van der Waals surface area contributed by atoms with Crippen LogP contribution < -0.4 is 0 Å². The Balaban J connectivity index is 1.88. The van der Waals surface area contributed by atoms with Crippen LogP contribution in [0.5, 0.6) is 0 Å². The van der Waals surface area contributed by atoms with Crippen LogP contribution in [-0.4, -0.2) is 29.7 Å². The van der Waals surface area contributed by atoms with Gasteiger partial charge in [-0.3, -0.25) is 0 Å². The molecule has 1 saturated carbocycles. The molecule has 0 aromatic heterocycles. The lowest BCUT2D eigenvalue weighted by Crippen LogP contribution is -2.36.